The van der Waals surface area contributed by atoms with Crippen LogP contribution in [0.1, 0.15) is 67.4 Å². The van der Waals surface area contributed by atoms with Crippen LogP contribution in [0.4, 0.5) is 8.78 Å². The Morgan fingerprint density at radius 3 is 2.22 bits per heavy atom. The van der Waals surface area contributed by atoms with E-state index in [1.807, 2.05) is 13.8 Å². The molecule has 2 rings (SSSR count). The summed E-state index contributed by atoms with van der Waals surface area (Å²) >= 11 is 0. The molecule has 0 aliphatic heterocycles. The lowest BCUT2D eigenvalue weighted by atomic mass is 10.1. The summed E-state index contributed by atoms with van der Waals surface area (Å²) in [5.41, 5.74) is 0.565. The predicted molar refractivity (Wildman–Crippen MR) is 129 cm³/mol. The number of aromatic hydroxyl groups is 1. The number of rotatable bonds is 14. The number of nitrogens with zero attached hydrogens (tertiary/aromatic N) is 1. The van der Waals surface area contributed by atoms with Gasteiger partial charge in [-0.2, -0.15) is 0 Å². The number of esters is 2. The van der Waals surface area contributed by atoms with Crippen LogP contribution in [-0.4, -0.2) is 47.6 Å². The Balaban J connectivity index is 2.15. The van der Waals surface area contributed by atoms with Crippen LogP contribution in [0.3, 0.4) is 0 Å². The average molecular weight is 506 g/mol. The SMILES string of the molecule is CCCCOC(=O)CN(Cc1cccc(C(=O)OCCCC)c1)C(=O)CCc1c(F)cc(O)cc1F. The fourth-order valence-corrected chi connectivity index (χ4v) is 3.39. The maximum absolute atomic E-state index is 14.1. The van der Waals surface area contributed by atoms with Gasteiger partial charge in [-0.1, -0.05) is 38.8 Å². The number of carbonyl (C=O) groups excluding carboxylic acids is 3. The fraction of sp³-hybridized carbons (Fsp3) is 0.444. The molecule has 0 spiro atoms. The lowest BCUT2D eigenvalue weighted by Gasteiger charge is -2.22. The molecule has 0 aliphatic rings. The summed E-state index contributed by atoms with van der Waals surface area (Å²) in [5, 5.41) is 9.32. The molecule has 1 N–H and O–H groups in total. The second-order valence-electron chi connectivity index (χ2n) is 8.40. The highest BCUT2D eigenvalue weighted by Gasteiger charge is 2.21. The second kappa shape index (κ2) is 14.8. The zero-order valence-electron chi connectivity index (χ0n) is 20.7. The van der Waals surface area contributed by atoms with Crippen molar-refractivity contribution in [3.8, 4) is 5.75 Å². The van der Waals surface area contributed by atoms with Crippen molar-refractivity contribution in [2.24, 2.45) is 0 Å². The summed E-state index contributed by atoms with van der Waals surface area (Å²) in [6, 6.07) is 8.07. The van der Waals surface area contributed by atoms with Crippen molar-refractivity contribution < 1.29 is 37.7 Å². The first-order valence-electron chi connectivity index (χ1n) is 12.1. The Bertz CT molecular complexity index is 1020. The molecule has 0 atom stereocenters. The average Bonchev–Trinajstić information content (AvgIpc) is 2.83. The first-order chi connectivity index (χ1) is 17.2. The molecule has 0 saturated heterocycles. The van der Waals surface area contributed by atoms with Gasteiger partial charge in [-0.25, -0.2) is 13.6 Å². The molecule has 7 nitrogen and oxygen atoms in total. The molecule has 0 bridgehead atoms. The lowest BCUT2D eigenvalue weighted by Crippen LogP contribution is -2.36. The van der Waals surface area contributed by atoms with Crippen molar-refractivity contribution in [1.82, 2.24) is 4.90 Å². The summed E-state index contributed by atoms with van der Waals surface area (Å²) in [7, 11) is 0. The Morgan fingerprint density at radius 2 is 1.58 bits per heavy atom. The third kappa shape index (κ3) is 9.28. The van der Waals surface area contributed by atoms with E-state index in [1.54, 1.807) is 24.3 Å². The standard InChI is InChI=1S/C27H33F2NO6/c1-3-5-12-35-26(33)18-30(25(32)11-10-22-23(28)15-21(31)16-24(22)29)17-19-8-7-9-20(14-19)27(34)36-13-6-4-2/h7-9,14-16,31H,3-6,10-13,17-18H2,1-2H3. The van der Waals surface area contributed by atoms with Crippen LogP contribution in [0, 0.1) is 11.6 Å². The zero-order valence-corrected chi connectivity index (χ0v) is 20.7. The minimum atomic E-state index is -0.958. The summed E-state index contributed by atoms with van der Waals surface area (Å²) < 4.78 is 38.6. The minimum Gasteiger partial charge on any atom is -0.508 e. The number of carbonyl (C=O) groups is 3. The van der Waals surface area contributed by atoms with E-state index >= 15 is 0 Å². The van der Waals surface area contributed by atoms with Gasteiger partial charge < -0.3 is 19.5 Å². The third-order valence-electron chi connectivity index (χ3n) is 5.42. The largest absolute Gasteiger partial charge is 0.508 e. The Kier molecular flexibility index (Phi) is 11.8. The first kappa shape index (κ1) is 28.7. The molecule has 0 fully saturated rings. The number of hydrogen-bond donors (Lipinski definition) is 1. The van der Waals surface area contributed by atoms with Crippen LogP contribution >= 0.6 is 0 Å². The number of hydrogen-bond acceptors (Lipinski definition) is 6. The predicted octanol–water partition coefficient (Wildman–Crippen LogP) is 4.93. The Morgan fingerprint density at radius 1 is 0.944 bits per heavy atom. The molecule has 36 heavy (non-hydrogen) atoms. The van der Waals surface area contributed by atoms with Crippen LogP contribution in [0.15, 0.2) is 36.4 Å². The van der Waals surface area contributed by atoms with Crippen molar-refractivity contribution in [3.63, 3.8) is 0 Å². The van der Waals surface area contributed by atoms with Gasteiger partial charge in [0.2, 0.25) is 5.91 Å². The van der Waals surface area contributed by atoms with Crippen LogP contribution < -0.4 is 0 Å². The fourth-order valence-electron chi connectivity index (χ4n) is 3.39. The first-order valence-corrected chi connectivity index (χ1v) is 12.1. The van der Waals surface area contributed by atoms with Gasteiger partial charge in [-0.05, 0) is 37.0 Å². The maximum Gasteiger partial charge on any atom is 0.338 e. The molecule has 0 aromatic heterocycles. The number of unbranched alkanes of at least 4 members (excludes halogenated alkanes) is 2. The van der Waals surface area contributed by atoms with Crippen molar-refractivity contribution in [2.75, 3.05) is 19.8 Å². The van der Waals surface area contributed by atoms with E-state index in [9.17, 15) is 28.3 Å². The summed E-state index contributed by atoms with van der Waals surface area (Å²) in [4.78, 5) is 38.9. The molecule has 0 radical (unpaired) electrons. The van der Waals surface area contributed by atoms with Crippen molar-refractivity contribution in [1.29, 1.82) is 0 Å². The van der Waals surface area contributed by atoms with E-state index < -0.39 is 35.2 Å². The van der Waals surface area contributed by atoms with Gasteiger partial charge >= 0.3 is 11.9 Å². The van der Waals surface area contributed by atoms with E-state index in [4.69, 9.17) is 9.47 Å². The van der Waals surface area contributed by atoms with E-state index in [1.165, 1.54) is 4.90 Å². The number of halogens is 2. The molecule has 2 aromatic rings. The van der Waals surface area contributed by atoms with Crippen molar-refractivity contribution >= 4 is 17.8 Å². The monoisotopic (exact) mass is 505 g/mol. The number of ether oxygens (including phenoxy) is 2. The van der Waals surface area contributed by atoms with E-state index in [0.717, 1.165) is 31.4 Å². The van der Waals surface area contributed by atoms with E-state index in [-0.39, 0.29) is 38.1 Å². The zero-order chi connectivity index (χ0) is 26.5. The topological polar surface area (TPSA) is 93.1 Å². The van der Waals surface area contributed by atoms with Gasteiger partial charge in [0.05, 0.1) is 18.8 Å². The molecule has 0 saturated carbocycles. The normalized spacial score (nSPS) is 10.7. The molecule has 196 valence electrons. The second-order valence-corrected chi connectivity index (χ2v) is 8.40. The summed E-state index contributed by atoms with van der Waals surface area (Å²) in [5.74, 6) is -4.08. The lowest BCUT2D eigenvalue weighted by molar-refractivity contribution is -0.149. The maximum atomic E-state index is 14.1. The van der Waals surface area contributed by atoms with Gasteiger partial charge in [0.15, 0.2) is 0 Å². The highest BCUT2D eigenvalue weighted by molar-refractivity contribution is 5.89. The summed E-state index contributed by atoms with van der Waals surface area (Å²) in [6.45, 7) is 4.09. The Labute approximate surface area is 210 Å². The van der Waals surface area contributed by atoms with Gasteiger partial charge in [0, 0.05) is 30.7 Å². The third-order valence-corrected chi connectivity index (χ3v) is 5.42. The van der Waals surface area contributed by atoms with Gasteiger partial charge in [-0.15, -0.1) is 0 Å². The molecule has 9 heteroatoms. The van der Waals surface area contributed by atoms with Crippen LogP contribution in [0.25, 0.3) is 0 Å². The molecule has 0 unspecified atom stereocenters. The van der Waals surface area contributed by atoms with Crippen molar-refractivity contribution in [3.05, 3.63) is 64.7 Å². The minimum absolute atomic E-state index is 0.0155. The van der Waals surface area contributed by atoms with Crippen LogP contribution in [0.5, 0.6) is 5.75 Å². The van der Waals surface area contributed by atoms with Crippen LogP contribution in [-0.2, 0) is 32.0 Å². The highest BCUT2D eigenvalue weighted by atomic mass is 19.1. The number of phenols is 1. The van der Waals surface area contributed by atoms with Gasteiger partial charge in [-0.3, -0.25) is 9.59 Å². The Hall–Kier alpha value is -3.49. The number of benzene rings is 2. The summed E-state index contributed by atoms with van der Waals surface area (Å²) in [6.07, 6.45) is 2.61. The van der Waals surface area contributed by atoms with Crippen molar-refractivity contribution in [2.45, 2.75) is 58.9 Å². The van der Waals surface area contributed by atoms with Gasteiger partial charge in [0.1, 0.15) is 23.9 Å². The van der Waals surface area contributed by atoms with Gasteiger partial charge in [0.25, 0.3) is 0 Å². The molecule has 1 amide bonds. The molecule has 2 aromatic carbocycles. The highest BCUT2D eigenvalue weighted by Crippen LogP contribution is 2.21. The molecule has 0 aliphatic carbocycles. The number of amides is 1. The number of phenolic OH excluding ortho intramolecular Hbond substituents is 1. The van der Waals surface area contributed by atoms with Crippen LogP contribution in [0.2, 0.25) is 0 Å². The molecule has 0 heterocycles. The van der Waals surface area contributed by atoms with E-state index in [2.05, 4.69) is 0 Å². The smallest absolute Gasteiger partial charge is 0.338 e. The van der Waals surface area contributed by atoms with E-state index in [0.29, 0.717) is 24.2 Å². The molecular formula is C27H33F2NO6. The molecular weight excluding hydrogens is 472 g/mol. The quantitative estimate of drug-likeness (QED) is 0.289.